The lowest BCUT2D eigenvalue weighted by atomic mass is 10.2. The van der Waals surface area contributed by atoms with Crippen molar-refractivity contribution in [2.75, 3.05) is 19.6 Å². The van der Waals surface area contributed by atoms with Gasteiger partial charge in [0, 0.05) is 18.0 Å². The van der Waals surface area contributed by atoms with Crippen LogP contribution in [0.25, 0.3) is 10.2 Å². The minimum atomic E-state index is -0.401. The van der Waals surface area contributed by atoms with Crippen molar-refractivity contribution in [3.63, 3.8) is 0 Å². The molecular formula is C14H14N4O3S. The van der Waals surface area contributed by atoms with Crippen LogP contribution < -0.4 is 10.9 Å². The van der Waals surface area contributed by atoms with Crippen LogP contribution in [-0.4, -0.2) is 46.3 Å². The Morgan fingerprint density at radius 1 is 1.27 bits per heavy atom. The Hall–Kier alpha value is -2.22. The van der Waals surface area contributed by atoms with E-state index in [1.807, 2.05) is 0 Å². The fourth-order valence-electron chi connectivity index (χ4n) is 3.07. The lowest BCUT2D eigenvalue weighted by Gasteiger charge is -2.25. The highest BCUT2D eigenvalue weighted by atomic mass is 32.1. The largest absolute Gasteiger partial charge is 0.353 e. The topological polar surface area (TPSA) is 95.2 Å². The molecule has 2 aromatic heterocycles. The number of aryl methyl sites for hydroxylation is 2. The van der Waals surface area contributed by atoms with Crippen LogP contribution in [0.5, 0.6) is 0 Å². The molecule has 1 saturated heterocycles. The van der Waals surface area contributed by atoms with Gasteiger partial charge in [0.05, 0.1) is 5.39 Å². The number of carbonyl (C=O) groups excluding carboxylic acids is 2. The van der Waals surface area contributed by atoms with E-state index in [2.05, 4.69) is 15.3 Å². The summed E-state index contributed by atoms with van der Waals surface area (Å²) in [6, 6.07) is 0. The minimum absolute atomic E-state index is 0.00151. The Bertz CT molecular complexity index is 854. The van der Waals surface area contributed by atoms with Crippen molar-refractivity contribution in [2.45, 2.75) is 19.3 Å². The molecule has 7 nitrogen and oxygen atoms in total. The second kappa shape index (κ2) is 4.91. The van der Waals surface area contributed by atoms with Gasteiger partial charge in [-0.3, -0.25) is 14.4 Å². The van der Waals surface area contributed by atoms with E-state index in [1.54, 1.807) is 0 Å². The molecule has 3 heterocycles. The van der Waals surface area contributed by atoms with Crippen molar-refractivity contribution >= 4 is 33.4 Å². The number of rotatable bonds is 1. The van der Waals surface area contributed by atoms with Crippen LogP contribution in [-0.2, 0) is 17.6 Å². The van der Waals surface area contributed by atoms with Gasteiger partial charge in [-0.25, -0.2) is 4.98 Å². The number of piperazine rings is 1. The van der Waals surface area contributed by atoms with E-state index in [4.69, 9.17) is 0 Å². The van der Waals surface area contributed by atoms with Gasteiger partial charge < -0.3 is 15.2 Å². The third-order valence-electron chi connectivity index (χ3n) is 4.10. The fraction of sp³-hybridized carbons (Fsp3) is 0.429. The maximum Gasteiger partial charge on any atom is 0.290 e. The molecule has 2 amide bonds. The molecular weight excluding hydrogens is 304 g/mol. The van der Waals surface area contributed by atoms with Crippen LogP contribution in [0, 0.1) is 0 Å². The van der Waals surface area contributed by atoms with Gasteiger partial charge >= 0.3 is 0 Å². The van der Waals surface area contributed by atoms with Crippen molar-refractivity contribution in [3.05, 3.63) is 26.6 Å². The van der Waals surface area contributed by atoms with Crippen molar-refractivity contribution < 1.29 is 9.59 Å². The van der Waals surface area contributed by atoms with E-state index in [0.29, 0.717) is 23.3 Å². The van der Waals surface area contributed by atoms with Crippen molar-refractivity contribution in [1.29, 1.82) is 0 Å². The average Bonchev–Trinajstić information content (AvgIpc) is 3.06. The number of hydrogen-bond donors (Lipinski definition) is 2. The molecule has 2 aliphatic rings. The predicted molar refractivity (Wildman–Crippen MR) is 81.2 cm³/mol. The number of amides is 2. The summed E-state index contributed by atoms with van der Waals surface area (Å²) in [5.41, 5.74) is 0.833. The minimum Gasteiger partial charge on any atom is -0.353 e. The molecule has 0 radical (unpaired) electrons. The first-order chi connectivity index (χ1) is 10.6. The number of aromatic nitrogens is 2. The van der Waals surface area contributed by atoms with Crippen LogP contribution in [0.2, 0.25) is 0 Å². The lowest BCUT2D eigenvalue weighted by molar-refractivity contribution is -0.123. The third kappa shape index (κ3) is 2.02. The molecule has 0 saturated carbocycles. The van der Waals surface area contributed by atoms with Crippen molar-refractivity contribution in [3.8, 4) is 0 Å². The maximum atomic E-state index is 12.4. The number of fused-ring (bicyclic) bond motifs is 3. The summed E-state index contributed by atoms with van der Waals surface area (Å²) in [7, 11) is 0. The van der Waals surface area contributed by atoms with Crippen LogP contribution in [0.1, 0.15) is 27.5 Å². The van der Waals surface area contributed by atoms with E-state index in [1.165, 1.54) is 21.1 Å². The van der Waals surface area contributed by atoms with Crippen molar-refractivity contribution in [2.24, 2.45) is 0 Å². The van der Waals surface area contributed by atoms with Crippen LogP contribution in [0.15, 0.2) is 4.79 Å². The predicted octanol–water partition coefficient (Wildman–Crippen LogP) is 0.0453. The number of nitrogens with zero attached hydrogens (tertiary/aromatic N) is 2. The van der Waals surface area contributed by atoms with Gasteiger partial charge in [-0.05, 0) is 24.8 Å². The molecule has 4 rings (SSSR count). The molecule has 114 valence electrons. The van der Waals surface area contributed by atoms with E-state index in [-0.39, 0.29) is 23.8 Å². The smallest absolute Gasteiger partial charge is 0.290 e. The van der Waals surface area contributed by atoms with Gasteiger partial charge in [0.15, 0.2) is 0 Å². The molecule has 0 aromatic carbocycles. The lowest BCUT2D eigenvalue weighted by Crippen LogP contribution is -2.50. The number of nitrogens with one attached hydrogen (secondary N) is 2. The molecule has 8 heteroatoms. The zero-order valence-electron chi connectivity index (χ0n) is 11.8. The summed E-state index contributed by atoms with van der Waals surface area (Å²) in [5.74, 6) is -0.576. The summed E-state index contributed by atoms with van der Waals surface area (Å²) < 4.78 is 0. The van der Waals surface area contributed by atoms with Gasteiger partial charge in [-0.1, -0.05) is 0 Å². The van der Waals surface area contributed by atoms with Gasteiger partial charge in [-0.2, -0.15) is 0 Å². The van der Waals surface area contributed by atoms with E-state index >= 15 is 0 Å². The molecule has 2 aromatic rings. The van der Waals surface area contributed by atoms with Gasteiger partial charge in [0.1, 0.15) is 11.4 Å². The van der Waals surface area contributed by atoms with Crippen LogP contribution in [0.4, 0.5) is 0 Å². The highest BCUT2D eigenvalue weighted by molar-refractivity contribution is 7.18. The standard InChI is InChI=1S/C14H14N4O3S/c19-9-6-18(5-4-15-9)14(21)11-16-12(20)10-7-2-1-3-8(7)22-13(10)17-11/h1-6H2,(H,15,19)(H,16,17,20). The summed E-state index contributed by atoms with van der Waals surface area (Å²) in [6.07, 6.45) is 2.95. The Balaban J connectivity index is 1.75. The normalized spacial score (nSPS) is 17.6. The second-order valence-corrected chi connectivity index (χ2v) is 6.61. The highest BCUT2D eigenvalue weighted by Crippen LogP contribution is 2.34. The van der Waals surface area contributed by atoms with E-state index < -0.39 is 5.91 Å². The quantitative estimate of drug-likeness (QED) is 0.776. The first-order valence-electron chi connectivity index (χ1n) is 7.24. The molecule has 1 aliphatic carbocycles. The highest BCUT2D eigenvalue weighted by Gasteiger charge is 2.26. The van der Waals surface area contributed by atoms with E-state index in [9.17, 15) is 14.4 Å². The van der Waals surface area contributed by atoms with E-state index in [0.717, 1.165) is 24.8 Å². The Morgan fingerprint density at radius 3 is 2.95 bits per heavy atom. The average molecular weight is 318 g/mol. The number of H-pyrrole nitrogens is 1. The van der Waals surface area contributed by atoms with Gasteiger partial charge in [0.25, 0.3) is 11.5 Å². The SMILES string of the molecule is O=C1CN(C(=O)c2nc3sc4c(c3c(=O)[nH]2)CCC4)CCN1. The summed E-state index contributed by atoms with van der Waals surface area (Å²) in [6.45, 7) is 0.846. The zero-order valence-corrected chi connectivity index (χ0v) is 12.6. The number of thiophene rings is 1. The number of carbonyl (C=O) groups is 2. The molecule has 1 aliphatic heterocycles. The molecule has 0 spiro atoms. The Morgan fingerprint density at radius 2 is 2.14 bits per heavy atom. The fourth-order valence-corrected chi connectivity index (χ4v) is 4.33. The van der Waals surface area contributed by atoms with Crippen LogP contribution in [0.3, 0.4) is 0 Å². The molecule has 1 fully saturated rings. The zero-order chi connectivity index (χ0) is 15.3. The Labute approximate surface area is 129 Å². The first-order valence-corrected chi connectivity index (χ1v) is 8.05. The summed E-state index contributed by atoms with van der Waals surface area (Å²) in [5, 5.41) is 3.29. The van der Waals surface area contributed by atoms with Gasteiger partial charge in [-0.15, -0.1) is 11.3 Å². The van der Waals surface area contributed by atoms with Gasteiger partial charge in [0.2, 0.25) is 11.7 Å². The number of aromatic amines is 1. The van der Waals surface area contributed by atoms with Crippen LogP contribution >= 0.6 is 11.3 Å². The number of hydrogen-bond acceptors (Lipinski definition) is 5. The molecule has 22 heavy (non-hydrogen) atoms. The molecule has 2 N–H and O–H groups in total. The summed E-state index contributed by atoms with van der Waals surface area (Å²) >= 11 is 1.50. The monoisotopic (exact) mass is 318 g/mol. The molecule has 0 unspecified atom stereocenters. The molecule has 0 bridgehead atoms. The van der Waals surface area contributed by atoms with Crippen molar-refractivity contribution in [1.82, 2.24) is 20.2 Å². The molecule has 0 atom stereocenters. The second-order valence-electron chi connectivity index (χ2n) is 5.53. The Kier molecular flexibility index (Phi) is 3.00. The summed E-state index contributed by atoms with van der Waals surface area (Å²) in [4.78, 5) is 46.3. The first kappa shape index (κ1) is 13.4. The maximum absolute atomic E-state index is 12.4. The third-order valence-corrected chi connectivity index (χ3v) is 5.29.